The van der Waals surface area contributed by atoms with Crippen LogP contribution in [0.3, 0.4) is 0 Å². The monoisotopic (exact) mass is 337 g/mol. The van der Waals surface area contributed by atoms with E-state index in [4.69, 9.17) is 14.2 Å². The van der Waals surface area contributed by atoms with Crippen molar-refractivity contribution in [3.8, 4) is 17.2 Å². The summed E-state index contributed by atoms with van der Waals surface area (Å²) in [5.74, 6) is 2.63. The Labute approximate surface area is 144 Å². The predicted octanol–water partition coefficient (Wildman–Crippen LogP) is 3.47. The van der Waals surface area contributed by atoms with E-state index in [0.717, 1.165) is 42.3 Å². The van der Waals surface area contributed by atoms with Crippen LogP contribution in [0.5, 0.6) is 17.2 Å². The maximum absolute atomic E-state index is 5.39. The summed E-state index contributed by atoms with van der Waals surface area (Å²) in [5.41, 5.74) is 2.38. The molecule has 4 nitrogen and oxygen atoms in total. The number of rotatable bonds is 8. The van der Waals surface area contributed by atoms with E-state index in [1.165, 1.54) is 5.56 Å². The van der Waals surface area contributed by atoms with Gasteiger partial charge in [-0.25, -0.2) is 0 Å². The lowest BCUT2D eigenvalue weighted by molar-refractivity contribution is 0.398. The van der Waals surface area contributed by atoms with E-state index < -0.39 is 0 Å². The van der Waals surface area contributed by atoms with E-state index in [2.05, 4.69) is 17.4 Å². The van der Waals surface area contributed by atoms with E-state index in [1.54, 1.807) is 21.3 Å². The summed E-state index contributed by atoms with van der Waals surface area (Å²) < 4.78 is 15.8. The molecule has 0 saturated heterocycles. The van der Waals surface area contributed by atoms with Crippen molar-refractivity contribution in [3.05, 3.63) is 53.6 Å². The molecule has 5 heteroatoms. The fraction of sp³-hybridized carbons (Fsp3) is 0.333. The molecule has 0 unspecified atom stereocenters. The molecule has 126 valence electrons. The van der Waals surface area contributed by atoms with E-state index in [-0.39, 0.29) is 12.4 Å². The van der Waals surface area contributed by atoms with Gasteiger partial charge in [-0.3, -0.25) is 0 Å². The van der Waals surface area contributed by atoms with Crippen LogP contribution >= 0.6 is 12.4 Å². The summed E-state index contributed by atoms with van der Waals surface area (Å²) in [6, 6.07) is 14.0. The first kappa shape index (κ1) is 19.1. The van der Waals surface area contributed by atoms with Crippen LogP contribution in [0.4, 0.5) is 0 Å². The quantitative estimate of drug-likeness (QED) is 0.749. The van der Waals surface area contributed by atoms with Gasteiger partial charge in [-0.2, -0.15) is 0 Å². The third-order valence-corrected chi connectivity index (χ3v) is 3.55. The maximum atomic E-state index is 5.39. The van der Waals surface area contributed by atoms with Gasteiger partial charge in [0, 0.05) is 6.54 Å². The molecule has 0 heterocycles. The van der Waals surface area contributed by atoms with Crippen molar-refractivity contribution in [3.63, 3.8) is 0 Å². The highest BCUT2D eigenvalue weighted by molar-refractivity contribution is 5.85. The third-order valence-electron chi connectivity index (χ3n) is 3.55. The highest BCUT2D eigenvalue weighted by Gasteiger charge is 2.04. The number of methoxy groups -OCH3 is 3. The first-order valence-electron chi connectivity index (χ1n) is 7.31. The van der Waals surface area contributed by atoms with Crippen molar-refractivity contribution in [2.75, 3.05) is 27.9 Å². The van der Waals surface area contributed by atoms with Gasteiger partial charge in [-0.1, -0.05) is 12.1 Å². The zero-order chi connectivity index (χ0) is 15.8. The Morgan fingerprint density at radius 3 is 2.09 bits per heavy atom. The van der Waals surface area contributed by atoms with Crippen molar-refractivity contribution in [2.45, 2.75) is 13.0 Å². The van der Waals surface area contributed by atoms with Crippen molar-refractivity contribution in [1.29, 1.82) is 0 Å². The Bertz CT molecular complexity index is 587. The Hall–Kier alpha value is -1.91. The van der Waals surface area contributed by atoms with Gasteiger partial charge in [0.25, 0.3) is 0 Å². The largest absolute Gasteiger partial charge is 0.497 e. The number of ether oxygens (including phenoxy) is 3. The minimum absolute atomic E-state index is 0. The minimum Gasteiger partial charge on any atom is -0.497 e. The molecule has 0 radical (unpaired) electrons. The van der Waals surface area contributed by atoms with E-state index in [0.29, 0.717) is 0 Å². The van der Waals surface area contributed by atoms with Gasteiger partial charge in [0.1, 0.15) is 17.2 Å². The molecule has 2 aromatic carbocycles. The second-order valence-corrected chi connectivity index (χ2v) is 4.95. The molecule has 1 N–H and O–H groups in total. The zero-order valence-corrected chi connectivity index (χ0v) is 14.6. The molecule has 0 atom stereocenters. The minimum atomic E-state index is 0. The molecule has 2 aromatic rings. The van der Waals surface area contributed by atoms with Gasteiger partial charge >= 0.3 is 0 Å². The van der Waals surface area contributed by atoms with Crippen LogP contribution in [0.25, 0.3) is 0 Å². The molecule has 0 bridgehead atoms. The zero-order valence-electron chi connectivity index (χ0n) is 13.8. The first-order valence-corrected chi connectivity index (χ1v) is 7.31. The number of benzene rings is 2. The summed E-state index contributed by atoms with van der Waals surface area (Å²) in [6.07, 6.45) is 0.885. The molecule has 23 heavy (non-hydrogen) atoms. The maximum Gasteiger partial charge on any atom is 0.122 e. The van der Waals surface area contributed by atoms with Crippen molar-refractivity contribution >= 4 is 12.4 Å². The molecule has 0 aromatic heterocycles. The summed E-state index contributed by atoms with van der Waals surface area (Å²) >= 11 is 0. The fourth-order valence-corrected chi connectivity index (χ4v) is 2.28. The third kappa shape index (κ3) is 5.66. The standard InChI is InChI=1S/C18H23NO3.ClH/c1-20-16-6-4-14(5-7-16)13-19-11-10-15-12-17(21-2)8-9-18(15)22-3;/h4-9,12,19H,10-11,13H2,1-3H3;1H. The van der Waals surface area contributed by atoms with Gasteiger partial charge in [0.2, 0.25) is 0 Å². The molecule has 0 aliphatic rings. The van der Waals surface area contributed by atoms with E-state index >= 15 is 0 Å². The molecular weight excluding hydrogens is 314 g/mol. The van der Waals surface area contributed by atoms with E-state index in [9.17, 15) is 0 Å². The van der Waals surface area contributed by atoms with Crippen molar-refractivity contribution in [2.24, 2.45) is 0 Å². The average Bonchev–Trinajstić information content (AvgIpc) is 2.59. The Morgan fingerprint density at radius 1 is 0.826 bits per heavy atom. The number of nitrogens with one attached hydrogen (secondary N) is 1. The fourth-order valence-electron chi connectivity index (χ4n) is 2.28. The van der Waals surface area contributed by atoms with Crippen LogP contribution in [-0.4, -0.2) is 27.9 Å². The van der Waals surface area contributed by atoms with Gasteiger partial charge < -0.3 is 19.5 Å². The second kappa shape index (κ2) is 9.98. The molecule has 0 spiro atoms. The molecular formula is C18H24ClNO3. The normalized spacial score (nSPS) is 9.87. The summed E-state index contributed by atoms with van der Waals surface area (Å²) in [5, 5.41) is 3.44. The van der Waals surface area contributed by atoms with Gasteiger partial charge in [0.15, 0.2) is 0 Å². The lowest BCUT2D eigenvalue weighted by atomic mass is 10.1. The van der Waals surface area contributed by atoms with Crippen LogP contribution in [0.2, 0.25) is 0 Å². The van der Waals surface area contributed by atoms with Crippen LogP contribution in [0.1, 0.15) is 11.1 Å². The molecule has 0 fully saturated rings. The number of hydrogen-bond acceptors (Lipinski definition) is 4. The Balaban J connectivity index is 0.00000264. The highest BCUT2D eigenvalue weighted by atomic mass is 35.5. The Kier molecular flexibility index (Phi) is 8.30. The van der Waals surface area contributed by atoms with Crippen LogP contribution in [0, 0.1) is 0 Å². The predicted molar refractivity (Wildman–Crippen MR) is 95.2 cm³/mol. The topological polar surface area (TPSA) is 39.7 Å². The van der Waals surface area contributed by atoms with Crippen LogP contribution < -0.4 is 19.5 Å². The van der Waals surface area contributed by atoms with Gasteiger partial charge in [-0.05, 0) is 54.4 Å². The Morgan fingerprint density at radius 2 is 1.48 bits per heavy atom. The molecule has 0 aliphatic heterocycles. The first-order chi connectivity index (χ1) is 10.8. The SMILES string of the molecule is COc1ccc(CNCCc2cc(OC)ccc2OC)cc1.Cl. The highest BCUT2D eigenvalue weighted by Crippen LogP contribution is 2.24. The summed E-state index contributed by atoms with van der Waals surface area (Å²) in [6.45, 7) is 1.70. The molecule has 0 saturated carbocycles. The molecule has 2 rings (SSSR count). The van der Waals surface area contributed by atoms with Crippen molar-refractivity contribution < 1.29 is 14.2 Å². The number of halogens is 1. The average molecular weight is 338 g/mol. The van der Waals surface area contributed by atoms with Gasteiger partial charge in [0.05, 0.1) is 21.3 Å². The summed E-state index contributed by atoms with van der Waals surface area (Å²) in [4.78, 5) is 0. The van der Waals surface area contributed by atoms with Gasteiger partial charge in [-0.15, -0.1) is 12.4 Å². The smallest absolute Gasteiger partial charge is 0.122 e. The molecule has 0 aliphatic carbocycles. The molecule has 0 amide bonds. The van der Waals surface area contributed by atoms with Crippen molar-refractivity contribution in [1.82, 2.24) is 5.32 Å². The lowest BCUT2D eigenvalue weighted by Crippen LogP contribution is -2.17. The number of hydrogen-bond donors (Lipinski definition) is 1. The van der Waals surface area contributed by atoms with Crippen LogP contribution in [0.15, 0.2) is 42.5 Å². The summed E-state index contributed by atoms with van der Waals surface area (Å²) in [7, 11) is 5.04. The second-order valence-electron chi connectivity index (χ2n) is 4.95. The lowest BCUT2D eigenvalue weighted by Gasteiger charge is -2.11. The van der Waals surface area contributed by atoms with Crippen LogP contribution in [-0.2, 0) is 13.0 Å². The van der Waals surface area contributed by atoms with E-state index in [1.807, 2.05) is 30.3 Å².